The van der Waals surface area contributed by atoms with Gasteiger partial charge in [-0.1, -0.05) is 35.5 Å². The molecule has 0 aliphatic rings. The fourth-order valence-corrected chi connectivity index (χ4v) is 1.65. The lowest BCUT2D eigenvalue weighted by Crippen LogP contribution is -2.22. The Hall–Kier alpha value is -2.36. The number of aromatic nitrogens is 1. The van der Waals surface area contributed by atoms with Gasteiger partial charge in [-0.2, -0.15) is 0 Å². The molecule has 0 saturated carbocycles. The summed E-state index contributed by atoms with van der Waals surface area (Å²) in [4.78, 5) is 11.5. The molecule has 4 heteroatoms. The Morgan fingerprint density at radius 3 is 2.89 bits per heavy atom. The summed E-state index contributed by atoms with van der Waals surface area (Å²) in [6.45, 7) is 0.642. The summed E-state index contributed by atoms with van der Waals surface area (Å²) in [5, 5.41) is 6.46. The molecule has 1 N–H and O–H groups in total. The van der Waals surface area contributed by atoms with Gasteiger partial charge in [0.15, 0.2) is 0 Å². The highest BCUT2D eigenvalue weighted by Gasteiger charge is 1.97. The van der Waals surface area contributed by atoms with Gasteiger partial charge in [0.2, 0.25) is 5.91 Å². The maximum absolute atomic E-state index is 11.5. The van der Waals surface area contributed by atoms with Crippen LogP contribution in [0, 0.1) is 0 Å². The number of hydrogen-bond donors (Lipinski definition) is 1. The van der Waals surface area contributed by atoms with Crippen LogP contribution in [0.4, 0.5) is 0 Å². The molecule has 0 unspecified atom stereocenters. The molecule has 0 aliphatic carbocycles. The van der Waals surface area contributed by atoms with Crippen molar-refractivity contribution in [3.8, 4) is 0 Å². The van der Waals surface area contributed by atoms with Gasteiger partial charge in [0, 0.05) is 18.2 Å². The molecule has 2 aromatic rings. The number of benzene rings is 1. The summed E-state index contributed by atoms with van der Waals surface area (Å²) in [6, 6.07) is 9.74. The molecule has 0 spiro atoms. The van der Waals surface area contributed by atoms with E-state index in [1.807, 2.05) is 30.3 Å². The average molecular weight is 256 g/mol. The number of amides is 1. The van der Waals surface area contributed by atoms with Crippen LogP contribution in [-0.4, -0.2) is 17.6 Å². The van der Waals surface area contributed by atoms with Gasteiger partial charge in [-0.3, -0.25) is 4.79 Å². The number of nitrogens with zero attached hydrogens (tertiary/aromatic N) is 1. The Morgan fingerprint density at radius 2 is 2.16 bits per heavy atom. The number of hydrogen-bond acceptors (Lipinski definition) is 3. The molecule has 0 bridgehead atoms. The van der Waals surface area contributed by atoms with Gasteiger partial charge in [-0.25, -0.2) is 0 Å². The van der Waals surface area contributed by atoms with Crippen molar-refractivity contribution in [3.05, 3.63) is 60.0 Å². The zero-order valence-corrected chi connectivity index (χ0v) is 10.6. The lowest BCUT2D eigenvalue weighted by molar-refractivity contribution is -0.116. The second-order valence-corrected chi connectivity index (χ2v) is 4.17. The minimum absolute atomic E-state index is 0.0748. The fourth-order valence-electron chi connectivity index (χ4n) is 1.65. The highest BCUT2D eigenvalue weighted by molar-refractivity contribution is 5.91. The Kier molecular flexibility index (Phi) is 4.93. The molecular formula is C15H16N2O2. The van der Waals surface area contributed by atoms with Crippen molar-refractivity contribution in [2.45, 2.75) is 12.8 Å². The molecule has 1 heterocycles. The number of carbonyl (C=O) groups excluding carboxylic acids is 1. The van der Waals surface area contributed by atoms with Crippen LogP contribution in [0.15, 0.2) is 53.4 Å². The first-order valence-corrected chi connectivity index (χ1v) is 6.24. The van der Waals surface area contributed by atoms with Gasteiger partial charge in [-0.05, 0) is 24.5 Å². The van der Waals surface area contributed by atoms with Crippen LogP contribution < -0.4 is 5.32 Å². The van der Waals surface area contributed by atoms with Gasteiger partial charge in [0.1, 0.15) is 6.26 Å². The molecule has 0 fully saturated rings. The van der Waals surface area contributed by atoms with Gasteiger partial charge in [0.25, 0.3) is 0 Å². The Morgan fingerprint density at radius 1 is 1.32 bits per heavy atom. The number of rotatable bonds is 6. The summed E-state index contributed by atoms with van der Waals surface area (Å²) in [5.74, 6) is -0.0748. The number of aryl methyl sites for hydroxylation is 1. The van der Waals surface area contributed by atoms with E-state index in [4.69, 9.17) is 4.52 Å². The molecule has 1 aromatic carbocycles. The number of nitrogens with one attached hydrogen (secondary N) is 1. The summed E-state index contributed by atoms with van der Waals surface area (Å²) < 4.78 is 4.73. The topological polar surface area (TPSA) is 55.1 Å². The van der Waals surface area contributed by atoms with Gasteiger partial charge in [0.05, 0.1) is 6.20 Å². The Bertz CT molecular complexity index is 518. The molecule has 4 nitrogen and oxygen atoms in total. The first-order valence-electron chi connectivity index (χ1n) is 6.24. The van der Waals surface area contributed by atoms with E-state index in [-0.39, 0.29) is 5.91 Å². The highest BCUT2D eigenvalue weighted by atomic mass is 16.5. The van der Waals surface area contributed by atoms with Crippen molar-refractivity contribution < 1.29 is 9.32 Å². The largest absolute Gasteiger partial charge is 0.364 e. The molecule has 1 amide bonds. The first-order chi connectivity index (χ1) is 9.34. The molecule has 2 rings (SSSR count). The minimum Gasteiger partial charge on any atom is -0.364 e. The predicted octanol–water partition coefficient (Wildman–Crippen LogP) is 2.44. The Balaban J connectivity index is 1.66. The zero-order chi connectivity index (χ0) is 13.3. The van der Waals surface area contributed by atoms with Crippen molar-refractivity contribution in [1.29, 1.82) is 0 Å². The monoisotopic (exact) mass is 256 g/mol. The lowest BCUT2D eigenvalue weighted by atomic mass is 10.2. The van der Waals surface area contributed by atoms with E-state index in [1.54, 1.807) is 24.6 Å². The van der Waals surface area contributed by atoms with Crippen molar-refractivity contribution >= 4 is 12.0 Å². The summed E-state index contributed by atoms with van der Waals surface area (Å²) in [5.41, 5.74) is 2.07. The third-order valence-electron chi connectivity index (χ3n) is 2.65. The predicted molar refractivity (Wildman–Crippen MR) is 73.3 cm³/mol. The molecular weight excluding hydrogens is 240 g/mol. The van der Waals surface area contributed by atoms with E-state index < -0.39 is 0 Å². The molecule has 1 aromatic heterocycles. The maximum atomic E-state index is 11.5. The third-order valence-corrected chi connectivity index (χ3v) is 2.65. The van der Waals surface area contributed by atoms with Crippen LogP contribution in [0.2, 0.25) is 0 Å². The van der Waals surface area contributed by atoms with Gasteiger partial charge < -0.3 is 9.84 Å². The summed E-state index contributed by atoms with van der Waals surface area (Å²) in [7, 11) is 0. The van der Waals surface area contributed by atoms with E-state index in [0.717, 1.165) is 24.0 Å². The van der Waals surface area contributed by atoms with Gasteiger partial charge in [-0.15, -0.1) is 0 Å². The van der Waals surface area contributed by atoms with Crippen molar-refractivity contribution in [3.63, 3.8) is 0 Å². The molecule has 98 valence electrons. The van der Waals surface area contributed by atoms with Crippen LogP contribution >= 0.6 is 0 Å². The highest BCUT2D eigenvalue weighted by Crippen LogP contribution is 2.01. The van der Waals surface area contributed by atoms with Crippen molar-refractivity contribution in [2.75, 3.05) is 6.54 Å². The summed E-state index contributed by atoms with van der Waals surface area (Å²) >= 11 is 0. The maximum Gasteiger partial charge on any atom is 0.243 e. The van der Waals surface area contributed by atoms with Crippen LogP contribution in [0.5, 0.6) is 0 Å². The van der Waals surface area contributed by atoms with Crippen LogP contribution in [0.1, 0.15) is 17.5 Å². The van der Waals surface area contributed by atoms with Crippen molar-refractivity contribution in [2.24, 2.45) is 0 Å². The number of carbonyl (C=O) groups is 1. The third kappa shape index (κ3) is 4.79. The molecule has 0 atom stereocenters. The fraction of sp³-hybridized carbons (Fsp3) is 0.200. The summed E-state index contributed by atoms with van der Waals surface area (Å²) in [6.07, 6.45) is 8.39. The van der Waals surface area contributed by atoms with Crippen LogP contribution in [0.25, 0.3) is 6.08 Å². The lowest BCUT2D eigenvalue weighted by Gasteiger charge is -2.00. The van der Waals surface area contributed by atoms with E-state index in [2.05, 4.69) is 10.5 Å². The first kappa shape index (κ1) is 13.1. The van der Waals surface area contributed by atoms with Gasteiger partial charge >= 0.3 is 0 Å². The second-order valence-electron chi connectivity index (χ2n) is 4.17. The molecule has 19 heavy (non-hydrogen) atoms. The molecule has 0 radical (unpaired) electrons. The quantitative estimate of drug-likeness (QED) is 0.638. The van der Waals surface area contributed by atoms with E-state index in [9.17, 15) is 4.79 Å². The smallest absolute Gasteiger partial charge is 0.243 e. The molecule has 0 aliphatic heterocycles. The van der Waals surface area contributed by atoms with Crippen LogP contribution in [-0.2, 0) is 11.2 Å². The average Bonchev–Trinajstić information content (AvgIpc) is 2.96. The normalized spacial score (nSPS) is 10.7. The van der Waals surface area contributed by atoms with E-state index >= 15 is 0 Å². The van der Waals surface area contributed by atoms with Crippen LogP contribution in [0.3, 0.4) is 0 Å². The van der Waals surface area contributed by atoms with E-state index in [0.29, 0.717) is 6.54 Å². The second kappa shape index (κ2) is 7.16. The van der Waals surface area contributed by atoms with E-state index in [1.165, 1.54) is 0 Å². The zero-order valence-electron chi connectivity index (χ0n) is 10.6. The standard InChI is InChI=1S/C15H16N2O2/c18-15(9-8-13-5-2-1-3-6-13)16-10-4-7-14-11-17-19-12-14/h1-3,5-6,8-9,11-12H,4,7,10H2,(H,16,18)/b9-8+. The van der Waals surface area contributed by atoms with Crippen molar-refractivity contribution in [1.82, 2.24) is 10.5 Å². The molecule has 0 saturated heterocycles. The Labute approximate surface area is 112 Å². The SMILES string of the molecule is O=C(/C=C/c1ccccc1)NCCCc1cnoc1. The minimum atomic E-state index is -0.0748.